The fraction of sp³-hybridized carbons (Fsp3) is 0.308. The number of pyridine rings is 1. The number of benzene rings is 1. The Balaban J connectivity index is 2.18. The number of fused-ring (bicyclic) bond motifs is 1. The number of hydrogen-bond donors (Lipinski definition) is 1. The lowest BCUT2D eigenvalue weighted by atomic mass is 10.1. The zero-order chi connectivity index (χ0) is 14.8. The third-order valence-electron chi connectivity index (χ3n) is 2.68. The highest BCUT2D eigenvalue weighted by atomic mass is 19.4. The molecule has 1 aromatic heterocycles. The van der Waals surface area contributed by atoms with E-state index in [1.54, 1.807) is 12.1 Å². The first-order chi connectivity index (χ1) is 9.38. The molecule has 0 unspecified atom stereocenters. The molecule has 1 heterocycles. The van der Waals surface area contributed by atoms with Crippen LogP contribution in [0.25, 0.3) is 10.9 Å². The molecular weight excluding hydrogens is 276 g/mol. The van der Waals surface area contributed by atoms with Crippen molar-refractivity contribution in [2.24, 2.45) is 0 Å². The maximum atomic E-state index is 13.8. The van der Waals surface area contributed by atoms with Crippen molar-refractivity contribution >= 4 is 16.6 Å². The molecule has 2 rings (SSSR count). The van der Waals surface area contributed by atoms with Gasteiger partial charge in [-0.1, -0.05) is 0 Å². The van der Waals surface area contributed by atoms with Crippen molar-refractivity contribution in [3.05, 3.63) is 30.2 Å². The maximum Gasteiger partial charge on any atom is 0.389 e. The van der Waals surface area contributed by atoms with Gasteiger partial charge in [0.15, 0.2) is 11.6 Å². The van der Waals surface area contributed by atoms with Crippen molar-refractivity contribution in [3.63, 3.8) is 0 Å². The molecular formula is C13H12F4N2O. The third-order valence-corrected chi connectivity index (χ3v) is 2.68. The van der Waals surface area contributed by atoms with E-state index >= 15 is 0 Å². The minimum Gasteiger partial charge on any atom is -0.488 e. The van der Waals surface area contributed by atoms with Crippen molar-refractivity contribution in [2.75, 3.05) is 12.3 Å². The Bertz CT molecular complexity index is 613. The van der Waals surface area contributed by atoms with E-state index in [0.717, 1.165) is 6.07 Å². The molecule has 0 amide bonds. The summed E-state index contributed by atoms with van der Waals surface area (Å²) in [6.07, 6.45) is -4.04. The van der Waals surface area contributed by atoms with Gasteiger partial charge >= 0.3 is 6.18 Å². The Morgan fingerprint density at radius 1 is 1.30 bits per heavy atom. The average Bonchev–Trinajstić information content (AvgIpc) is 2.36. The molecule has 0 fully saturated rings. The Labute approximate surface area is 112 Å². The Hall–Kier alpha value is -2.05. The van der Waals surface area contributed by atoms with Gasteiger partial charge in [-0.05, 0) is 18.6 Å². The molecule has 0 saturated carbocycles. The van der Waals surface area contributed by atoms with Crippen LogP contribution in [0.5, 0.6) is 5.75 Å². The van der Waals surface area contributed by atoms with Crippen LogP contribution in [0.4, 0.5) is 23.2 Å². The maximum absolute atomic E-state index is 13.8. The van der Waals surface area contributed by atoms with Gasteiger partial charge in [-0.15, -0.1) is 0 Å². The lowest BCUT2D eigenvalue weighted by Crippen LogP contribution is -2.10. The molecule has 0 aliphatic rings. The molecule has 7 heteroatoms. The first-order valence-corrected chi connectivity index (χ1v) is 5.91. The van der Waals surface area contributed by atoms with Crippen LogP contribution in [0.2, 0.25) is 0 Å². The molecule has 1 aromatic carbocycles. The number of nitrogens with two attached hydrogens (primary N) is 1. The van der Waals surface area contributed by atoms with Crippen LogP contribution in [0.15, 0.2) is 24.4 Å². The van der Waals surface area contributed by atoms with Gasteiger partial charge in [0.25, 0.3) is 0 Å². The predicted molar refractivity (Wildman–Crippen MR) is 66.9 cm³/mol. The van der Waals surface area contributed by atoms with Gasteiger partial charge in [0.2, 0.25) is 0 Å². The number of rotatable bonds is 4. The fourth-order valence-corrected chi connectivity index (χ4v) is 1.80. The topological polar surface area (TPSA) is 48.1 Å². The third kappa shape index (κ3) is 3.28. The predicted octanol–water partition coefficient (Wildman–Crippen LogP) is 3.68. The summed E-state index contributed by atoms with van der Waals surface area (Å²) in [5, 5.41) is 0.500. The molecule has 20 heavy (non-hydrogen) atoms. The molecule has 0 saturated heterocycles. The summed E-state index contributed by atoms with van der Waals surface area (Å²) in [6.45, 7) is -0.244. The van der Waals surface area contributed by atoms with Crippen LogP contribution in [-0.4, -0.2) is 17.8 Å². The van der Waals surface area contributed by atoms with Crippen LogP contribution in [0, 0.1) is 5.82 Å². The monoisotopic (exact) mass is 288 g/mol. The number of nitrogen functional groups attached to an aromatic ring is 1. The first kappa shape index (κ1) is 14.4. The van der Waals surface area contributed by atoms with E-state index in [1.165, 1.54) is 6.20 Å². The van der Waals surface area contributed by atoms with Crippen LogP contribution in [0.3, 0.4) is 0 Å². The molecule has 0 bridgehead atoms. The number of alkyl halides is 3. The van der Waals surface area contributed by atoms with Crippen molar-refractivity contribution in [1.82, 2.24) is 4.98 Å². The van der Waals surface area contributed by atoms with Gasteiger partial charge in [0, 0.05) is 29.8 Å². The van der Waals surface area contributed by atoms with Crippen LogP contribution in [0.1, 0.15) is 12.8 Å². The van der Waals surface area contributed by atoms with Gasteiger partial charge < -0.3 is 10.5 Å². The number of anilines is 1. The summed E-state index contributed by atoms with van der Waals surface area (Å²) >= 11 is 0. The number of hydrogen-bond acceptors (Lipinski definition) is 3. The lowest BCUT2D eigenvalue weighted by molar-refractivity contribution is -0.136. The highest BCUT2D eigenvalue weighted by molar-refractivity contribution is 5.94. The summed E-state index contributed by atoms with van der Waals surface area (Å²) in [4.78, 5) is 3.96. The number of halogens is 4. The molecule has 0 atom stereocenters. The summed E-state index contributed by atoms with van der Waals surface area (Å²) < 4.78 is 54.9. The van der Waals surface area contributed by atoms with Crippen molar-refractivity contribution in [1.29, 1.82) is 0 Å². The van der Waals surface area contributed by atoms with Crippen LogP contribution < -0.4 is 10.5 Å². The van der Waals surface area contributed by atoms with Crippen molar-refractivity contribution < 1.29 is 22.3 Å². The van der Waals surface area contributed by atoms with E-state index in [2.05, 4.69) is 4.98 Å². The van der Waals surface area contributed by atoms with Crippen LogP contribution >= 0.6 is 0 Å². The number of ether oxygens (including phenoxy) is 1. The quantitative estimate of drug-likeness (QED) is 0.530. The van der Waals surface area contributed by atoms with E-state index in [-0.39, 0.29) is 30.0 Å². The Kier molecular flexibility index (Phi) is 3.96. The van der Waals surface area contributed by atoms with E-state index in [4.69, 9.17) is 10.5 Å². The molecule has 0 radical (unpaired) electrons. The first-order valence-electron chi connectivity index (χ1n) is 5.91. The standard InChI is InChI=1S/C13H12F4N2O/c14-9-7-10(18)8-3-1-5-19-11(8)12(9)20-6-2-4-13(15,16)17/h1,3,5,7H,2,4,6,18H2. The number of nitrogens with zero attached hydrogens (tertiary/aromatic N) is 1. The van der Waals surface area contributed by atoms with Gasteiger partial charge in [0.1, 0.15) is 5.52 Å². The van der Waals surface area contributed by atoms with Crippen LogP contribution in [-0.2, 0) is 0 Å². The highest BCUT2D eigenvalue weighted by Crippen LogP contribution is 2.31. The smallest absolute Gasteiger partial charge is 0.389 e. The zero-order valence-electron chi connectivity index (χ0n) is 10.4. The average molecular weight is 288 g/mol. The second kappa shape index (κ2) is 5.52. The molecule has 0 spiro atoms. The zero-order valence-corrected chi connectivity index (χ0v) is 10.4. The van der Waals surface area contributed by atoms with Gasteiger partial charge in [0.05, 0.1) is 6.61 Å². The van der Waals surface area contributed by atoms with Gasteiger partial charge in [-0.2, -0.15) is 13.2 Å². The van der Waals surface area contributed by atoms with E-state index in [1.807, 2.05) is 0 Å². The second-order valence-corrected chi connectivity index (χ2v) is 4.24. The summed E-state index contributed by atoms with van der Waals surface area (Å²) in [5.74, 6) is -0.905. The van der Waals surface area contributed by atoms with Crippen molar-refractivity contribution in [3.8, 4) is 5.75 Å². The molecule has 2 aromatic rings. The van der Waals surface area contributed by atoms with E-state index in [0.29, 0.717) is 5.39 Å². The number of aromatic nitrogens is 1. The Morgan fingerprint density at radius 3 is 2.75 bits per heavy atom. The summed E-state index contributed by atoms with van der Waals surface area (Å²) in [5.41, 5.74) is 6.06. The van der Waals surface area contributed by atoms with Crippen molar-refractivity contribution in [2.45, 2.75) is 19.0 Å². The van der Waals surface area contributed by atoms with Gasteiger partial charge in [-0.3, -0.25) is 4.98 Å². The molecule has 3 nitrogen and oxygen atoms in total. The molecule has 2 N–H and O–H groups in total. The normalized spacial score (nSPS) is 11.8. The molecule has 0 aliphatic heterocycles. The largest absolute Gasteiger partial charge is 0.488 e. The minimum absolute atomic E-state index is 0.169. The summed E-state index contributed by atoms with van der Waals surface area (Å²) in [6, 6.07) is 4.34. The summed E-state index contributed by atoms with van der Waals surface area (Å²) in [7, 11) is 0. The lowest BCUT2D eigenvalue weighted by Gasteiger charge is -2.12. The van der Waals surface area contributed by atoms with E-state index < -0.39 is 18.4 Å². The minimum atomic E-state index is -4.25. The fourth-order valence-electron chi connectivity index (χ4n) is 1.80. The van der Waals surface area contributed by atoms with Gasteiger partial charge in [-0.25, -0.2) is 4.39 Å². The highest BCUT2D eigenvalue weighted by Gasteiger charge is 2.26. The second-order valence-electron chi connectivity index (χ2n) is 4.24. The molecule has 108 valence electrons. The molecule has 0 aliphatic carbocycles. The SMILES string of the molecule is Nc1cc(F)c(OCCCC(F)(F)F)c2ncccc12. The Morgan fingerprint density at radius 2 is 2.05 bits per heavy atom. The van der Waals surface area contributed by atoms with E-state index in [9.17, 15) is 17.6 Å².